The number of nitrogens with zero attached hydrogens (tertiary/aromatic N) is 6. The summed E-state index contributed by atoms with van der Waals surface area (Å²) in [6.45, 7) is 13.2. The highest BCUT2D eigenvalue weighted by Crippen LogP contribution is 2.34. The van der Waals surface area contributed by atoms with Crippen molar-refractivity contribution in [3.05, 3.63) is 55.4 Å². The van der Waals surface area contributed by atoms with Crippen molar-refractivity contribution < 1.29 is 0 Å². The molecule has 6 heteroatoms. The second-order valence-electron chi connectivity index (χ2n) is 13.7. The summed E-state index contributed by atoms with van der Waals surface area (Å²) in [4.78, 5) is 14.8. The minimum atomic E-state index is 0.942. The first-order valence-corrected chi connectivity index (χ1v) is 18.9. The number of hydrogen-bond donors (Lipinski definition) is 0. The molecule has 0 saturated carbocycles. The van der Waals surface area contributed by atoms with E-state index in [2.05, 4.69) is 106 Å². The Kier molecular flexibility index (Phi) is 15.9. The zero-order chi connectivity index (χ0) is 31.5. The van der Waals surface area contributed by atoms with E-state index in [1.54, 1.807) is 0 Å². The molecule has 1 aromatic rings. The quantitative estimate of drug-likeness (QED) is 0.107. The van der Waals surface area contributed by atoms with Crippen LogP contribution < -0.4 is 14.7 Å². The van der Waals surface area contributed by atoms with Crippen LogP contribution in [0.5, 0.6) is 0 Å². The van der Waals surface area contributed by atoms with Crippen LogP contribution in [-0.2, 0) is 0 Å². The fourth-order valence-electron chi connectivity index (χ4n) is 6.70. The molecule has 4 rings (SSSR count). The first-order valence-electron chi connectivity index (χ1n) is 18.9. The third-order valence-corrected chi connectivity index (χ3v) is 9.65. The standard InChI is InChI=1S/C39H66N6/c1-4-7-10-13-16-19-22-40-25-28-43(34-40)37-31-38(44-29-26-41(35-44)23-20-17-14-11-8-5-2)33-39(32-37)45-30-27-42(36-45)24-21-18-15-12-9-6-3/h25-33H,4-24,34-36H2,1-3H3. The Morgan fingerprint density at radius 3 is 0.911 bits per heavy atom. The van der Waals surface area contributed by atoms with Crippen molar-refractivity contribution >= 4 is 17.1 Å². The van der Waals surface area contributed by atoms with Crippen LogP contribution in [0.1, 0.15) is 136 Å². The maximum Gasteiger partial charge on any atom is 0.0941 e. The number of rotatable bonds is 24. The predicted molar refractivity (Wildman–Crippen MR) is 196 cm³/mol. The van der Waals surface area contributed by atoms with Crippen LogP contribution in [0.3, 0.4) is 0 Å². The van der Waals surface area contributed by atoms with Crippen LogP contribution in [0.25, 0.3) is 0 Å². The number of anilines is 3. The molecule has 0 atom stereocenters. The minimum Gasteiger partial charge on any atom is -0.358 e. The van der Waals surface area contributed by atoms with Gasteiger partial charge in [-0.3, -0.25) is 0 Å². The Balaban J connectivity index is 1.34. The summed E-state index contributed by atoms with van der Waals surface area (Å²) in [7, 11) is 0. The van der Waals surface area contributed by atoms with Gasteiger partial charge < -0.3 is 29.4 Å². The van der Waals surface area contributed by atoms with Crippen LogP contribution in [-0.4, -0.2) is 54.3 Å². The van der Waals surface area contributed by atoms with Crippen molar-refractivity contribution in [2.24, 2.45) is 0 Å². The Morgan fingerprint density at radius 2 is 0.622 bits per heavy atom. The van der Waals surface area contributed by atoms with Crippen LogP contribution in [0.2, 0.25) is 0 Å². The van der Waals surface area contributed by atoms with E-state index in [9.17, 15) is 0 Å². The van der Waals surface area contributed by atoms with Crippen molar-refractivity contribution in [2.45, 2.75) is 136 Å². The van der Waals surface area contributed by atoms with Crippen LogP contribution >= 0.6 is 0 Å². The molecule has 0 aromatic heterocycles. The molecule has 3 aliphatic rings. The lowest BCUT2D eigenvalue weighted by Crippen LogP contribution is -2.28. The van der Waals surface area contributed by atoms with Gasteiger partial charge in [0.1, 0.15) is 0 Å². The summed E-state index contributed by atoms with van der Waals surface area (Å²) in [5.74, 6) is 0. The monoisotopic (exact) mass is 619 g/mol. The zero-order valence-corrected chi connectivity index (χ0v) is 29.3. The maximum absolute atomic E-state index is 2.49. The molecule has 45 heavy (non-hydrogen) atoms. The van der Waals surface area contributed by atoms with Crippen molar-refractivity contribution in [2.75, 3.05) is 54.3 Å². The van der Waals surface area contributed by atoms with E-state index in [1.165, 1.54) is 133 Å². The van der Waals surface area contributed by atoms with E-state index in [0.717, 1.165) is 39.6 Å². The summed E-state index contributed by atoms with van der Waals surface area (Å²) in [6.07, 6.45) is 38.0. The van der Waals surface area contributed by atoms with Gasteiger partial charge in [-0.15, -0.1) is 0 Å². The molecule has 3 heterocycles. The van der Waals surface area contributed by atoms with Gasteiger partial charge in [0, 0.05) is 73.9 Å². The SMILES string of the molecule is CCCCCCCCN1C=CN(c2cc(N3C=CN(CCCCCCCC)C3)cc(N3C=CN(CCCCCCCC)C3)c2)C1. The van der Waals surface area contributed by atoms with Crippen LogP contribution in [0, 0.1) is 0 Å². The first-order chi connectivity index (χ1) is 22.2. The molecule has 0 aliphatic carbocycles. The number of benzene rings is 1. The molecule has 0 fully saturated rings. The molecule has 0 N–H and O–H groups in total. The van der Waals surface area contributed by atoms with E-state index < -0.39 is 0 Å². The normalized spacial score (nSPS) is 16.1. The summed E-state index contributed by atoms with van der Waals surface area (Å²) in [5.41, 5.74) is 3.86. The van der Waals surface area contributed by atoms with Gasteiger partial charge in [-0.05, 0) is 37.5 Å². The lowest BCUT2D eigenvalue weighted by atomic mass is 10.1. The molecule has 0 unspecified atom stereocenters. The third kappa shape index (κ3) is 12.2. The lowest BCUT2D eigenvalue weighted by molar-refractivity contribution is 0.387. The molecule has 1 aromatic carbocycles. The van der Waals surface area contributed by atoms with E-state index in [4.69, 9.17) is 0 Å². The molecule has 6 nitrogen and oxygen atoms in total. The van der Waals surface area contributed by atoms with Crippen molar-refractivity contribution in [1.82, 2.24) is 14.7 Å². The topological polar surface area (TPSA) is 19.4 Å². The van der Waals surface area contributed by atoms with Gasteiger partial charge in [-0.25, -0.2) is 0 Å². The highest BCUT2D eigenvalue weighted by atomic mass is 15.4. The predicted octanol–water partition coefficient (Wildman–Crippen LogP) is 10.4. The second kappa shape index (κ2) is 20.4. The molecule has 0 bridgehead atoms. The maximum atomic E-state index is 2.49. The fraction of sp³-hybridized carbons (Fsp3) is 0.692. The number of unbranched alkanes of at least 4 members (excludes halogenated alkanes) is 15. The smallest absolute Gasteiger partial charge is 0.0941 e. The summed E-state index contributed by atoms with van der Waals surface area (Å²) < 4.78 is 0. The average Bonchev–Trinajstić information content (AvgIpc) is 3.84. The second-order valence-corrected chi connectivity index (χ2v) is 13.7. The van der Waals surface area contributed by atoms with Crippen molar-refractivity contribution in [1.29, 1.82) is 0 Å². The van der Waals surface area contributed by atoms with Gasteiger partial charge in [-0.2, -0.15) is 0 Å². The molecule has 0 radical (unpaired) electrons. The Hall–Kier alpha value is -2.76. The van der Waals surface area contributed by atoms with E-state index in [1.807, 2.05) is 0 Å². The molecule has 3 aliphatic heterocycles. The molecule has 0 amide bonds. The first kappa shape index (κ1) is 35.1. The van der Waals surface area contributed by atoms with Crippen LogP contribution in [0.15, 0.2) is 55.4 Å². The Morgan fingerprint density at radius 1 is 0.356 bits per heavy atom. The Labute approximate surface area is 277 Å². The summed E-state index contributed by atoms with van der Waals surface area (Å²) in [5, 5.41) is 0. The van der Waals surface area contributed by atoms with Gasteiger partial charge in [0.15, 0.2) is 0 Å². The number of hydrogen-bond acceptors (Lipinski definition) is 6. The van der Waals surface area contributed by atoms with Crippen molar-refractivity contribution in [3.8, 4) is 0 Å². The summed E-state index contributed by atoms with van der Waals surface area (Å²) in [6, 6.07) is 7.19. The highest BCUT2D eigenvalue weighted by Gasteiger charge is 2.22. The lowest BCUT2D eigenvalue weighted by Gasteiger charge is -2.28. The van der Waals surface area contributed by atoms with E-state index in [-0.39, 0.29) is 0 Å². The summed E-state index contributed by atoms with van der Waals surface area (Å²) >= 11 is 0. The minimum absolute atomic E-state index is 0.942. The molecule has 0 spiro atoms. The van der Waals surface area contributed by atoms with Gasteiger partial charge in [0.05, 0.1) is 20.0 Å². The molecular weight excluding hydrogens is 552 g/mol. The zero-order valence-electron chi connectivity index (χ0n) is 29.3. The van der Waals surface area contributed by atoms with Crippen LogP contribution in [0.4, 0.5) is 17.1 Å². The van der Waals surface area contributed by atoms with Gasteiger partial charge in [0.25, 0.3) is 0 Å². The van der Waals surface area contributed by atoms with Crippen molar-refractivity contribution in [3.63, 3.8) is 0 Å². The van der Waals surface area contributed by atoms with Gasteiger partial charge >= 0.3 is 0 Å². The highest BCUT2D eigenvalue weighted by molar-refractivity contribution is 5.72. The fourth-order valence-corrected chi connectivity index (χ4v) is 6.70. The Bertz CT molecular complexity index is 894. The van der Waals surface area contributed by atoms with E-state index >= 15 is 0 Å². The molecule has 252 valence electrons. The third-order valence-electron chi connectivity index (χ3n) is 9.65. The van der Waals surface area contributed by atoms with Gasteiger partial charge in [0.2, 0.25) is 0 Å². The molecule has 0 saturated heterocycles. The molecular formula is C39H66N6. The largest absolute Gasteiger partial charge is 0.358 e. The average molecular weight is 619 g/mol. The van der Waals surface area contributed by atoms with Gasteiger partial charge in [-0.1, -0.05) is 117 Å². The van der Waals surface area contributed by atoms with E-state index in [0.29, 0.717) is 0 Å².